The van der Waals surface area contributed by atoms with Crippen LogP contribution in [0.15, 0.2) is 0 Å². The average Bonchev–Trinajstić information content (AvgIpc) is 2.73. The molecule has 4 nitrogen and oxygen atoms in total. The first-order chi connectivity index (χ1) is 7.19. The summed E-state index contributed by atoms with van der Waals surface area (Å²) in [6.45, 7) is 2.85. The summed E-state index contributed by atoms with van der Waals surface area (Å²) in [5, 5.41) is 9.09. The van der Waals surface area contributed by atoms with Crippen molar-refractivity contribution in [3.63, 3.8) is 0 Å². The molecule has 15 heavy (non-hydrogen) atoms. The fraction of sp³-hybridized carbons (Fsp3) is 0.909. The summed E-state index contributed by atoms with van der Waals surface area (Å²) in [5.41, 5.74) is 0. The molecule has 1 amide bonds. The molecule has 1 heterocycles. The zero-order valence-corrected chi connectivity index (χ0v) is 9.61. The van der Waals surface area contributed by atoms with Crippen molar-refractivity contribution in [2.24, 2.45) is 0 Å². The van der Waals surface area contributed by atoms with Gasteiger partial charge >= 0.3 is 0 Å². The number of amides is 1. The Morgan fingerprint density at radius 1 is 1.67 bits per heavy atom. The maximum atomic E-state index is 11.8. The van der Waals surface area contributed by atoms with E-state index in [1.807, 2.05) is 11.8 Å². The Kier molecular flexibility index (Phi) is 5.05. The number of nitrogens with zero attached hydrogens (tertiary/aromatic N) is 1. The summed E-state index contributed by atoms with van der Waals surface area (Å²) in [5.74, 6) is 0.149. The van der Waals surface area contributed by atoms with Crippen molar-refractivity contribution in [1.29, 1.82) is 0 Å². The first-order valence-corrected chi connectivity index (χ1v) is 5.62. The van der Waals surface area contributed by atoms with E-state index in [2.05, 4.69) is 0 Å². The minimum atomic E-state index is 0.0513. The largest absolute Gasteiger partial charge is 0.394 e. The average molecular weight is 215 g/mol. The second kappa shape index (κ2) is 6.08. The highest BCUT2D eigenvalue weighted by Gasteiger charge is 2.27. The van der Waals surface area contributed by atoms with Crippen LogP contribution in [0.25, 0.3) is 0 Å². The lowest BCUT2D eigenvalue weighted by atomic mass is 10.2. The van der Waals surface area contributed by atoms with Crippen molar-refractivity contribution in [3.8, 4) is 0 Å². The molecule has 0 radical (unpaired) electrons. The number of aliphatic hydroxyl groups is 1. The van der Waals surface area contributed by atoms with E-state index in [-0.39, 0.29) is 24.7 Å². The fourth-order valence-corrected chi connectivity index (χ4v) is 1.94. The lowest BCUT2D eigenvalue weighted by Gasteiger charge is -2.23. The van der Waals surface area contributed by atoms with Gasteiger partial charge in [-0.1, -0.05) is 0 Å². The van der Waals surface area contributed by atoms with Gasteiger partial charge in [-0.3, -0.25) is 4.79 Å². The standard InChI is InChI=1S/C11H21NO3/c1-9(15-2)5-6-11(14)12-7-3-4-10(12)8-13/h9-10,13H,3-8H2,1-2H3. The molecule has 0 aliphatic carbocycles. The van der Waals surface area contributed by atoms with Crippen molar-refractivity contribution in [2.45, 2.75) is 44.8 Å². The van der Waals surface area contributed by atoms with Crippen molar-refractivity contribution in [2.75, 3.05) is 20.3 Å². The highest BCUT2D eigenvalue weighted by molar-refractivity contribution is 5.76. The number of hydrogen-bond acceptors (Lipinski definition) is 3. The molecule has 0 aromatic heterocycles. The maximum absolute atomic E-state index is 11.8. The third-order valence-electron chi connectivity index (χ3n) is 3.08. The molecule has 0 aromatic carbocycles. The van der Waals surface area contributed by atoms with Gasteiger partial charge in [-0.05, 0) is 26.2 Å². The Balaban J connectivity index is 2.33. The number of ether oxygens (including phenoxy) is 1. The lowest BCUT2D eigenvalue weighted by molar-refractivity contribution is -0.133. The van der Waals surface area contributed by atoms with Gasteiger partial charge in [0, 0.05) is 20.1 Å². The number of aliphatic hydroxyl groups excluding tert-OH is 1. The molecule has 1 aliphatic rings. The molecule has 1 rings (SSSR count). The predicted octanol–water partition coefficient (Wildman–Crippen LogP) is 0.785. The molecule has 1 fully saturated rings. The third-order valence-corrected chi connectivity index (χ3v) is 3.08. The third kappa shape index (κ3) is 3.47. The van der Waals surface area contributed by atoms with Crippen LogP contribution in [-0.2, 0) is 9.53 Å². The molecule has 1 saturated heterocycles. The van der Waals surface area contributed by atoms with Crippen LogP contribution in [0.3, 0.4) is 0 Å². The normalized spacial score (nSPS) is 23.1. The maximum Gasteiger partial charge on any atom is 0.222 e. The van der Waals surface area contributed by atoms with Crippen molar-refractivity contribution < 1.29 is 14.6 Å². The molecule has 2 atom stereocenters. The molecule has 88 valence electrons. The predicted molar refractivity (Wildman–Crippen MR) is 57.5 cm³/mol. The van der Waals surface area contributed by atoms with E-state index in [0.717, 1.165) is 25.8 Å². The van der Waals surface area contributed by atoms with Gasteiger partial charge in [-0.2, -0.15) is 0 Å². The molecule has 2 unspecified atom stereocenters. The Labute approximate surface area is 91.2 Å². The number of rotatable bonds is 5. The van der Waals surface area contributed by atoms with E-state index in [4.69, 9.17) is 9.84 Å². The number of likely N-dealkylation sites (tertiary alicyclic amines) is 1. The number of hydrogen-bond donors (Lipinski definition) is 1. The van der Waals surface area contributed by atoms with Crippen LogP contribution < -0.4 is 0 Å². The molecular formula is C11H21NO3. The van der Waals surface area contributed by atoms with E-state index in [1.165, 1.54) is 0 Å². The summed E-state index contributed by atoms with van der Waals surface area (Å²) >= 11 is 0. The SMILES string of the molecule is COC(C)CCC(=O)N1CCCC1CO. The van der Waals surface area contributed by atoms with E-state index < -0.39 is 0 Å². The topological polar surface area (TPSA) is 49.8 Å². The van der Waals surface area contributed by atoms with Crippen LogP contribution >= 0.6 is 0 Å². The summed E-state index contributed by atoms with van der Waals surface area (Å²) in [7, 11) is 1.65. The molecule has 0 bridgehead atoms. The number of carbonyl (C=O) groups excluding carboxylic acids is 1. The Bertz CT molecular complexity index is 208. The Morgan fingerprint density at radius 2 is 2.40 bits per heavy atom. The zero-order chi connectivity index (χ0) is 11.3. The minimum absolute atomic E-state index is 0.0513. The van der Waals surface area contributed by atoms with Gasteiger partial charge in [0.2, 0.25) is 5.91 Å². The summed E-state index contributed by atoms with van der Waals surface area (Å²) in [4.78, 5) is 13.6. The quantitative estimate of drug-likeness (QED) is 0.737. The van der Waals surface area contributed by atoms with Gasteiger partial charge in [-0.15, -0.1) is 0 Å². The lowest BCUT2D eigenvalue weighted by Crippen LogP contribution is -2.37. The van der Waals surface area contributed by atoms with Gasteiger partial charge in [0.1, 0.15) is 0 Å². The summed E-state index contributed by atoms with van der Waals surface area (Å²) in [6.07, 6.45) is 3.35. The van der Waals surface area contributed by atoms with Crippen LogP contribution in [0.2, 0.25) is 0 Å². The smallest absolute Gasteiger partial charge is 0.222 e. The number of methoxy groups -OCH3 is 1. The van der Waals surface area contributed by atoms with Crippen LogP contribution in [0.4, 0.5) is 0 Å². The number of carbonyl (C=O) groups is 1. The zero-order valence-electron chi connectivity index (χ0n) is 9.61. The van der Waals surface area contributed by atoms with E-state index in [1.54, 1.807) is 7.11 Å². The molecule has 0 saturated carbocycles. The van der Waals surface area contributed by atoms with Crippen LogP contribution in [0.5, 0.6) is 0 Å². The molecule has 0 aromatic rings. The first-order valence-electron chi connectivity index (χ1n) is 5.62. The first kappa shape index (κ1) is 12.5. The van der Waals surface area contributed by atoms with Crippen LogP contribution in [0, 0.1) is 0 Å². The van der Waals surface area contributed by atoms with E-state index in [0.29, 0.717) is 6.42 Å². The highest BCUT2D eigenvalue weighted by Crippen LogP contribution is 2.18. The monoisotopic (exact) mass is 215 g/mol. The van der Waals surface area contributed by atoms with Crippen molar-refractivity contribution >= 4 is 5.91 Å². The van der Waals surface area contributed by atoms with Gasteiger partial charge in [-0.25, -0.2) is 0 Å². The van der Waals surface area contributed by atoms with Crippen LogP contribution in [0.1, 0.15) is 32.6 Å². The van der Waals surface area contributed by atoms with E-state index >= 15 is 0 Å². The molecular weight excluding hydrogens is 194 g/mol. The summed E-state index contributed by atoms with van der Waals surface area (Å²) < 4.78 is 5.10. The minimum Gasteiger partial charge on any atom is -0.394 e. The second-order valence-corrected chi connectivity index (χ2v) is 4.15. The van der Waals surface area contributed by atoms with E-state index in [9.17, 15) is 4.79 Å². The molecule has 1 N–H and O–H groups in total. The van der Waals surface area contributed by atoms with Crippen molar-refractivity contribution in [1.82, 2.24) is 4.90 Å². The van der Waals surface area contributed by atoms with Gasteiger partial charge < -0.3 is 14.7 Å². The summed E-state index contributed by atoms with van der Waals surface area (Å²) in [6, 6.07) is 0.0513. The Hall–Kier alpha value is -0.610. The van der Waals surface area contributed by atoms with Crippen LogP contribution in [-0.4, -0.2) is 48.3 Å². The van der Waals surface area contributed by atoms with Gasteiger partial charge in [0.25, 0.3) is 0 Å². The molecule has 1 aliphatic heterocycles. The van der Waals surface area contributed by atoms with Gasteiger partial charge in [0.15, 0.2) is 0 Å². The van der Waals surface area contributed by atoms with Gasteiger partial charge in [0.05, 0.1) is 18.8 Å². The molecule has 4 heteroatoms. The van der Waals surface area contributed by atoms with Crippen molar-refractivity contribution in [3.05, 3.63) is 0 Å². The Morgan fingerprint density at radius 3 is 3.00 bits per heavy atom. The second-order valence-electron chi connectivity index (χ2n) is 4.15. The fourth-order valence-electron chi connectivity index (χ4n) is 1.94. The highest BCUT2D eigenvalue weighted by atomic mass is 16.5. The molecule has 0 spiro atoms.